The summed E-state index contributed by atoms with van der Waals surface area (Å²) in [5, 5.41) is 0. The number of hydrogen-bond donors (Lipinski definition) is 1. The van der Waals surface area contributed by atoms with Crippen LogP contribution in [0.25, 0.3) is 6.08 Å². The van der Waals surface area contributed by atoms with E-state index in [1.807, 2.05) is 43.3 Å². The largest absolute Gasteiger partial charge is 0.463 e. The van der Waals surface area contributed by atoms with Gasteiger partial charge < -0.3 is 10.5 Å². The van der Waals surface area contributed by atoms with Crippen LogP contribution in [0.4, 0.5) is 5.69 Å². The number of carbonyl (C=O) groups excluding carboxylic acids is 1. The van der Waals surface area contributed by atoms with E-state index < -0.39 is 0 Å². The second kappa shape index (κ2) is 6.64. The average molecular weight is 245 g/mol. The standard InChI is InChI=1S/C15H19NO2/c1-4-18-15(17)12(3)9-11(2)10-13-5-7-14(16)8-6-13/h5-10H,4,16H2,1-3H3/b11-10+,12-9+. The van der Waals surface area contributed by atoms with Crippen LogP contribution < -0.4 is 5.73 Å². The number of hydrogen-bond acceptors (Lipinski definition) is 3. The zero-order valence-corrected chi connectivity index (χ0v) is 11.1. The highest BCUT2D eigenvalue weighted by Gasteiger charge is 2.03. The first-order valence-electron chi connectivity index (χ1n) is 5.92. The van der Waals surface area contributed by atoms with Gasteiger partial charge in [-0.3, -0.25) is 0 Å². The lowest BCUT2D eigenvalue weighted by Gasteiger charge is -2.02. The lowest BCUT2D eigenvalue weighted by Crippen LogP contribution is -2.05. The van der Waals surface area contributed by atoms with Gasteiger partial charge in [0.1, 0.15) is 0 Å². The number of allylic oxidation sites excluding steroid dienone is 2. The predicted octanol–water partition coefficient (Wildman–Crippen LogP) is 3.18. The molecule has 0 aliphatic carbocycles. The Morgan fingerprint density at radius 2 is 1.89 bits per heavy atom. The third kappa shape index (κ3) is 4.45. The Hall–Kier alpha value is -2.03. The summed E-state index contributed by atoms with van der Waals surface area (Å²) >= 11 is 0. The summed E-state index contributed by atoms with van der Waals surface area (Å²) in [5.74, 6) is -0.275. The molecule has 0 radical (unpaired) electrons. The van der Waals surface area contributed by atoms with Crippen molar-refractivity contribution in [3.8, 4) is 0 Å². The van der Waals surface area contributed by atoms with Crippen molar-refractivity contribution >= 4 is 17.7 Å². The zero-order chi connectivity index (χ0) is 13.5. The normalized spacial score (nSPS) is 12.4. The van der Waals surface area contributed by atoms with Gasteiger partial charge in [-0.15, -0.1) is 0 Å². The number of rotatable bonds is 4. The van der Waals surface area contributed by atoms with Crippen molar-refractivity contribution < 1.29 is 9.53 Å². The Balaban J connectivity index is 2.80. The molecule has 0 amide bonds. The van der Waals surface area contributed by atoms with Crippen LogP contribution in [0.5, 0.6) is 0 Å². The van der Waals surface area contributed by atoms with Gasteiger partial charge >= 0.3 is 5.97 Å². The fourth-order valence-electron chi connectivity index (χ4n) is 1.54. The maximum Gasteiger partial charge on any atom is 0.333 e. The van der Waals surface area contributed by atoms with Gasteiger partial charge in [-0.1, -0.05) is 23.8 Å². The summed E-state index contributed by atoms with van der Waals surface area (Å²) in [6.07, 6.45) is 3.80. The van der Waals surface area contributed by atoms with E-state index in [4.69, 9.17) is 10.5 Å². The van der Waals surface area contributed by atoms with Gasteiger partial charge in [-0.25, -0.2) is 4.79 Å². The lowest BCUT2D eigenvalue weighted by molar-refractivity contribution is -0.138. The van der Waals surface area contributed by atoms with Crippen molar-refractivity contribution in [3.05, 3.63) is 47.1 Å². The fraction of sp³-hybridized carbons (Fsp3) is 0.267. The first-order valence-corrected chi connectivity index (χ1v) is 5.92. The minimum atomic E-state index is -0.275. The summed E-state index contributed by atoms with van der Waals surface area (Å²) in [4.78, 5) is 11.4. The number of ether oxygens (including phenoxy) is 1. The summed E-state index contributed by atoms with van der Waals surface area (Å²) in [7, 11) is 0. The number of esters is 1. The van der Waals surface area contributed by atoms with Crippen molar-refractivity contribution in [2.45, 2.75) is 20.8 Å². The van der Waals surface area contributed by atoms with Gasteiger partial charge in [-0.05, 0) is 44.5 Å². The first kappa shape index (κ1) is 14.0. The maximum atomic E-state index is 11.4. The maximum absolute atomic E-state index is 11.4. The van der Waals surface area contributed by atoms with Crippen molar-refractivity contribution in [3.63, 3.8) is 0 Å². The smallest absolute Gasteiger partial charge is 0.333 e. The summed E-state index contributed by atoms with van der Waals surface area (Å²) in [5.41, 5.74) is 9.00. The lowest BCUT2D eigenvalue weighted by atomic mass is 10.1. The van der Waals surface area contributed by atoms with Crippen LogP contribution in [0.3, 0.4) is 0 Å². The van der Waals surface area contributed by atoms with Gasteiger partial charge in [0.15, 0.2) is 0 Å². The molecular formula is C15H19NO2. The molecule has 96 valence electrons. The molecule has 0 aliphatic heterocycles. The molecule has 3 nitrogen and oxygen atoms in total. The van der Waals surface area contributed by atoms with E-state index in [2.05, 4.69) is 0 Å². The molecule has 0 spiro atoms. The van der Waals surface area contributed by atoms with Crippen LogP contribution in [-0.2, 0) is 9.53 Å². The van der Waals surface area contributed by atoms with E-state index in [9.17, 15) is 4.79 Å². The first-order chi connectivity index (χ1) is 8.52. The summed E-state index contributed by atoms with van der Waals surface area (Å²) in [6, 6.07) is 7.57. The molecule has 1 rings (SSSR count). The molecule has 0 aliphatic rings. The molecule has 0 fully saturated rings. The van der Waals surface area contributed by atoms with E-state index in [0.717, 1.165) is 16.8 Å². The molecule has 2 N–H and O–H groups in total. The molecule has 0 unspecified atom stereocenters. The molecule has 0 aromatic heterocycles. The number of carbonyl (C=O) groups is 1. The number of nitrogen functional groups attached to an aromatic ring is 1. The topological polar surface area (TPSA) is 52.3 Å². The number of nitrogens with two attached hydrogens (primary N) is 1. The molecule has 1 aromatic rings. The molecule has 0 bridgehead atoms. The minimum Gasteiger partial charge on any atom is -0.463 e. The second-order valence-electron chi connectivity index (χ2n) is 4.10. The van der Waals surface area contributed by atoms with Crippen LogP contribution in [0.1, 0.15) is 26.3 Å². The van der Waals surface area contributed by atoms with Crippen molar-refractivity contribution in [1.82, 2.24) is 0 Å². The van der Waals surface area contributed by atoms with E-state index in [1.165, 1.54) is 0 Å². The Morgan fingerprint density at radius 1 is 1.28 bits per heavy atom. The zero-order valence-electron chi connectivity index (χ0n) is 11.1. The van der Waals surface area contributed by atoms with Crippen LogP contribution >= 0.6 is 0 Å². The van der Waals surface area contributed by atoms with Crippen molar-refractivity contribution in [2.75, 3.05) is 12.3 Å². The SMILES string of the molecule is CCOC(=O)/C(C)=C/C(C)=C/c1ccc(N)cc1. The van der Waals surface area contributed by atoms with Gasteiger partial charge in [0.2, 0.25) is 0 Å². The average Bonchev–Trinajstić information content (AvgIpc) is 2.32. The van der Waals surface area contributed by atoms with E-state index in [0.29, 0.717) is 12.2 Å². The monoisotopic (exact) mass is 245 g/mol. The van der Waals surface area contributed by atoms with Gasteiger partial charge in [0, 0.05) is 11.3 Å². The highest BCUT2D eigenvalue weighted by Crippen LogP contribution is 2.12. The Kier molecular flexibility index (Phi) is 5.18. The third-order valence-corrected chi connectivity index (χ3v) is 2.37. The molecule has 0 atom stereocenters. The molecule has 0 heterocycles. The molecule has 0 saturated heterocycles. The molecule has 1 aromatic carbocycles. The van der Waals surface area contributed by atoms with E-state index in [1.54, 1.807) is 13.8 Å². The summed E-state index contributed by atoms with van der Waals surface area (Å²) in [6.45, 7) is 5.88. The van der Waals surface area contributed by atoms with E-state index in [-0.39, 0.29) is 5.97 Å². The van der Waals surface area contributed by atoms with Crippen LogP contribution in [0, 0.1) is 0 Å². The van der Waals surface area contributed by atoms with Crippen molar-refractivity contribution in [1.29, 1.82) is 0 Å². The predicted molar refractivity (Wildman–Crippen MR) is 74.9 cm³/mol. The Labute approximate surface area is 108 Å². The van der Waals surface area contributed by atoms with Gasteiger partial charge in [-0.2, -0.15) is 0 Å². The highest BCUT2D eigenvalue weighted by molar-refractivity contribution is 5.88. The molecular weight excluding hydrogens is 226 g/mol. The van der Waals surface area contributed by atoms with Gasteiger partial charge in [0.25, 0.3) is 0 Å². The fourth-order valence-corrected chi connectivity index (χ4v) is 1.54. The number of anilines is 1. The molecule has 18 heavy (non-hydrogen) atoms. The minimum absolute atomic E-state index is 0.275. The molecule has 0 saturated carbocycles. The van der Waals surface area contributed by atoms with Crippen molar-refractivity contribution in [2.24, 2.45) is 0 Å². The Morgan fingerprint density at radius 3 is 2.44 bits per heavy atom. The third-order valence-electron chi connectivity index (χ3n) is 2.37. The molecule has 3 heteroatoms. The highest BCUT2D eigenvalue weighted by atomic mass is 16.5. The van der Waals surface area contributed by atoms with Crippen LogP contribution in [0.2, 0.25) is 0 Å². The quantitative estimate of drug-likeness (QED) is 0.383. The van der Waals surface area contributed by atoms with E-state index >= 15 is 0 Å². The van der Waals surface area contributed by atoms with Crippen LogP contribution in [0.15, 0.2) is 41.5 Å². The second-order valence-corrected chi connectivity index (χ2v) is 4.10. The Bertz CT molecular complexity index is 470. The summed E-state index contributed by atoms with van der Waals surface area (Å²) < 4.78 is 4.92. The van der Waals surface area contributed by atoms with Crippen LogP contribution in [-0.4, -0.2) is 12.6 Å². The van der Waals surface area contributed by atoms with Gasteiger partial charge in [0.05, 0.1) is 6.61 Å². The number of benzene rings is 1.